The van der Waals surface area contributed by atoms with E-state index in [1.165, 1.54) is 25.7 Å². The Morgan fingerprint density at radius 2 is 1.76 bits per heavy atom. The number of ketones is 1. The summed E-state index contributed by atoms with van der Waals surface area (Å²) in [6, 6.07) is 0. The lowest BCUT2D eigenvalue weighted by Gasteiger charge is -2.60. The van der Waals surface area contributed by atoms with Crippen LogP contribution >= 0.6 is 11.6 Å². The minimum atomic E-state index is -1.36. The quantitative estimate of drug-likeness (QED) is 0.597. The summed E-state index contributed by atoms with van der Waals surface area (Å²) in [7, 11) is 0. The highest BCUT2D eigenvalue weighted by Gasteiger charge is 2.60. The fraction of sp³-hybridized carbons (Fsp3) is 0.900. The molecule has 2 N–H and O–H groups in total. The van der Waals surface area contributed by atoms with E-state index in [0.717, 1.165) is 49.9 Å². The molecule has 0 heterocycles. The third kappa shape index (κ3) is 3.25. The van der Waals surface area contributed by atoms with E-state index in [4.69, 9.17) is 9.90 Å². The SMILES string of the molecule is C[C@]12CC[C@@H](O)C[C@@H]1CC[C@@H]1[C@@H]2CC[C@]2(C)C(=O)CC[C@@H]12.O=C(O)Cl. The Labute approximate surface area is 155 Å². The number of aliphatic hydroxyl groups excluding tert-OH is 1. The van der Waals surface area contributed by atoms with Crippen molar-refractivity contribution in [2.24, 2.45) is 34.5 Å². The number of Topliss-reactive ketones (excluding diaryl/α,β-unsaturated/α-hetero) is 1. The zero-order valence-electron chi connectivity index (χ0n) is 15.3. The Balaban J connectivity index is 0.000000415. The molecule has 4 fully saturated rings. The highest BCUT2D eigenvalue weighted by Crippen LogP contribution is 2.65. The number of rotatable bonds is 0. The normalized spacial score (nSPS) is 48.5. The number of carboxylic acid groups (broad SMARTS) is 1. The van der Waals surface area contributed by atoms with Gasteiger partial charge < -0.3 is 10.2 Å². The molecule has 0 aliphatic heterocycles. The van der Waals surface area contributed by atoms with E-state index < -0.39 is 5.43 Å². The molecule has 0 aromatic carbocycles. The maximum Gasteiger partial charge on any atom is 0.401 e. The third-order valence-corrected chi connectivity index (χ3v) is 8.35. The van der Waals surface area contributed by atoms with Crippen molar-refractivity contribution in [3.8, 4) is 0 Å². The minimum Gasteiger partial charge on any atom is -0.469 e. The standard InChI is InChI=1S/C19H30O2.CHClO2/c1-18-9-7-13(20)11-12(18)3-4-14-15-5-6-17(21)19(15,2)10-8-16(14)18;2-1(3)4/h12-16,20H,3-11H2,1-2H3;(H,3,4)/t12-,13+,14-,15-,16-,18-,19-;/m0./s1. The van der Waals surface area contributed by atoms with Crippen LogP contribution in [0.25, 0.3) is 0 Å². The Hall–Kier alpha value is -0.610. The van der Waals surface area contributed by atoms with E-state index in [2.05, 4.69) is 25.4 Å². The maximum atomic E-state index is 12.4. The van der Waals surface area contributed by atoms with Crippen LogP contribution in [0.4, 0.5) is 4.79 Å². The Kier molecular flexibility index (Phi) is 5.25. The predicted molar refractivity (Wildman–Crippen MR) is 96.6 cm³/mol. The molecule has 0 aromatic rings. The number of carbonyl (C=O) groups excluding carboxylic acids is 1. The van der Waals surface area contributed by atoms with Crippen molar-refractivity contribution in [2.75, 3.05) is 0 Å². The van der Waals surface area contributed by atoms with Gasteiger partial charge in [-0.2, -0.15) is 0 Å². The monoisotopic (exact) mass is 370 g/mol. The predicted octanol–water partition coefficient (Wildman–Crippen LogP) is 4.86. The second kappa shape index (κ2) is 6.84. The Morgan fingerprint density at radius 1 is 1.08 bits per heavy atom. The summed E-state index contributed by atoms with van der Waals surface area (Å²) >= 11 is 4.19. The van der Waals surface area contributed by atoms with E-state index in [-0.39, 0.29) is 11.5 Å². The van der Waals surface area contributed by atoms with Crippen molar-refractivity contribution >= 4 is 22.8 Å². The summed E-state index contributed by atoms with van der Waals surface area (Å²) in [5, 5.41) is 17.2. The van der Waals surface area contributed by atoms with Crippen molar-refractivity contribution < 1.29 is 19.8 Å². The first-order valence-corrected chi connectivity index (χ1v) is 10.2. The minimum absolute atomic E-state index is 0.0124. The van der Waals surface area contributed by atoms with E-state index in [1.54, 1.807) is 0 Å². The molecule has 0 bridgehead atoms. The summed E-state index contributed by atoms with van der Waals surface area (Å²) < 4.78 is 0. The van der Waals surface area contributed by atoms with Gasteiger partial charge in [0.05, 0.1) is 6.10 Å². The van der Waals surface area contributed by atoms with Gasteiger partial charge in [0.15, 0.2) is 0 Å². The Bertz CT molecular complexity index is 546. The smallest absolute Gasteiger partial charge is 0.401 e. The number of halogens is 1. The zero-order valence-corrected chi connectivity index (χ0v) is 16.1. The number of fused-ring (bicyclic) bond motifs is 5. The first-order chi connectivity index (χ1) is 11.7. The van der Waals surface area contributed by atoms with Gasteiger partial charge in [0.2, 0.25) is 0 Å². The van der Waals surface area contributed by atoms with Crippen molar-refractivity contribution in [1.82, 2.24) is 0 Å². The highest BCUT2D eigenvalue weighted by atomic mass is 35.5. The van der Waals surface area contributed by atoms with E-state index in [9.17, 15) is 9.90 Å². The molecular formula is C20H31ClO4. The summed E-state index contributed by atoms with van der Waals surface area (Å²) in [6.45, 7) is 4.78. The van der Waals surface area contributed by atoms with Crippen molar-refractivity contribution in [1.29, 1.82) is 0 Å². The first-order valence-electron chi connectivity index (χ1n) is 9.78. The molecule has 0 amide bonds. The molecule has 0 radical (unpaired) electrons. The van der Waals surface area contributed by atoms with Gasteiger partial charge in [-0.05, 0) is 80.5 Å². The molecule has 4 aliphatic rings. The lowest BCUT2D eigenvalue weighted by Crippen LogP contribution is -2.54. The lowest BCUT2D eigenvalue weighted by molar-refractivity contribution is -0.142. The molecule has 7 atom stereocenters. The van der Waals surface area contributed by atoms with E-state index >= 15 is 0 Å². The van der Waals surface area contributed by atoms with Gasteiger partial charge in [-0.1, -0.05) is 13.8 Å². The summed E-state index contributed by atoms with van der Waals surface area (Å²) in [5.41, 5.74) is -0.909. The van der Waals surface area contributed by atoms with Crippen LogP contribution in [0.1, 0.15) is 71.6 Å². The fourth-order valence-electron chi connectivity index (χ4n) is 7.01. The van der Waals surface area contributed by atoms with Crippen molar-refractivity contribution in [2.45, 2.75) is 77.7 Å². The number of hydrogen-bond donors (Lipinski definition) is 2. The van der Waals surface area contributed by atoms with Crippen LogP contribution in [-0.4, -0.2) is 27.5 Å². The number of carbonyl (C=O) groups is 2. The van der Waals surface area contributed by atoms with Crippen LogP contribution in [0, 0.1) is 34.5 Å². The third-order valence-electron chi connectivity index (χ3n) is 8.35. The van der Waals surface area contributed by atoms with Gasteiger partial charge >= 0.3 is 5.43 Å². The molecule has 4 rings (SSSR count). The van der Waals surface area contributed by atoms with Gasteiger partial charge in [-0.25, -0.2) is 4.79 Å². The second-order valence-electron chi connectivity index (χ2n) is 9.26. The Morgan fingerprint density at radius 3 is 2.44 bits per heavy atom. The van der Waals surface area contributed by atoms with Gasteiger partial charge in [0.1, 0.15) is 5.78 Å². The van der Waals surface area contributed by atoms with Crippen LogP contribution in [0.3, 0.4) is 0 Å². The molecule has 0 saturated heterocycles. The maximum absolute atomic E-state index is 12.4. The van der Waals surface area contributed by atoms with Gasteiger partial charge in [0.25, 0.3) is 0 Å². The van der Waals surface area contributed by atoms with Crippen molar-refractivity contribution in [3.05, 3.63) is 0 Å². The van der Waals surface area contributed by atoms with E-state index in [1.807, 2.05) is 0 Å². The van der Waals surface area contributed by atoms with Crippen LogP contribution in [-0.2, 0) is 4.79 Å². The van der Waals surface area contributed by atoms with Crippen LogP contribution in [0.2, 0.25) is 0 Å². The first kappa shape index (κ1) is 19.2. The topological polar surface area (TPSA) is 74.6 Å². The summed E-state index contributed by atoms with van der Waals surface area (Å²) in [4.78, 5) is 21.1. The highest BCUT2D eigenvalue weighted by molar-refractivity contribution is 6.60. The van der Waals surface area contributed by atoms with Gasteiger partial charge in [-0.3, -0.25) is 4.79 Å². The number of aliphatic hydroxyl groups is 1. The zero-order chi connectivity index (χ0) is 18.4. The summed E-state index contributed by atoms with van der Waals surface area (Å²) in [5.74, 6) is 3.54. The van der Waals surface area contributed by atoms with Gasteiger partial charge in [-0.15, -0.1) is 0 Å². The molecular weight excluding hydrogens is 340 g/mol. The average Bonchev–Trinajstić information content (AvgIpc) is 2.83. The molecule has 142 valence electrons. The summed E-state index contributed by atoms with van der Waals surface area (Å²) in [6.07, 6.45) is 10.1. The molecule has 5 heteroatoms. The molecule has 0 unspecified atom stereocenters. The average molecular weight is 371 g/mol. The molecule has 4 nitrogen and oxygen atoms in total. The number of hydrogen-bond acceptors (Lipinski definition) is 3. The molecule has 4 saturated carbocycles. The second-order valence-corrected chi connectivity index (χ2v) is 9.58. The largest absolute Gasteiger partial charge is 0.469 e. The van der Waals surface area contributed by atoms with E-state index in [0.29, 0.717) is 17.1 Å². The molecule has 0 spiro atoms. The molecule has 25 heavy (non-hydrogen) atoms. The molecule has 4 aliphatic carbocycles. The van der Waals surface area contributed by atoms with Gasteiger partial charge in [0, 0.05) is 23.4 Å². The van der Waals surface area contributed by atoms with Crippen LogP contribution in [0.5, 0.6) is 0 Å². The van der Waals surface area contributed by atoms with Crippen LogP contribution < -0.4 is 0 Å². The van der Waals surface area contributed by atoms with Crippen molar-refractivity contribution in [3.63, 3.8) is 0 Å². The van der Waals surface area contributed by atoms with Crippen LogP contribution in [0.15, 0.2) is 0 Å². The molecule has 0 aromatic heterocycles. The lowest BCUT2D eigenvalue weighted by atomic mass is 9.45. The fourth-order valence-corrected chi connectivity index (χ4v) is 7.01.